The molecule has 1 saturated carbocycles. The molecular formula is C14H19NO5. The van der Waals surface area contributed by atoms with Crippen molar-refractivity contribution in [2.75, 3.05) is 20.8 Å². The van der Waals surface area contributed by atoms with Crippen LogP contribution in [0.4, 0.5) is 0 Å². The summed E-state index contributed by atoms with van der Waals surface area (Å²) in [5.74, 6) is 0.805. The lowest BCUT2D eigenvalue weighted by Gasteiger charge is -2.16. The number of ether oxygens (including phenoxy) is 3. The normalized spacial score (nSPS) is 15.5. The zero-order valence-electron chi connectivity index (χ0n) is 11.6. The molecule has 0 spiro atoms. The Balaban J connectivity index is 1.98. The Labute approximate surface area is 117 Å². The Bertz CT molecular complexity index is 450. The second-order valence-corrected chi connectivity index (χ2v) is 4.69. The molecule has 1 fully saturated rings. The Kier molecular flexibility index (Phi) is 4.68. The third-order valence-corrected chi connectivity index (χ3v) is 3.05. The van der Waals surface area contributed by atoms with Crippen molar-refractivity contribution in [1.29, 1.82) is 0 Å². The van der Waals surface area contributed by atoms with Crippen LogP contribution in [0.25, 0.3) is 0 Å². The van der Waals surface area contributed by atoms with E-state index in [1.54, 1.807) is 32.4 Å². The van der Waals surface area contributed by atoms with Gasteiger partial charge < -0.3 is 19.3 Å². The number of rotatable bonds is 8. The predicted octanol–water partition coefficient (Wildman–Crippen LogP) is 1.29. The Hall–Kier alpha value is -1.95. The van der Waals surface area contributed by atoms with E-state index in [4.69, 9.17) is 19.3 Å². The van der Waals surface area contributed by atoms with Crippen molar-refractivity contribution in [3.8, 4) is 17.2 Å². The van der Waals surface area contributed by atoms with Gasteiger partial charge in [0.1, 0.15) is 29.9 Å². The second kappa shape index (κ2) is 6.47. The zero-order chi connectivity index (χ0) is 14.5. The van der Waals surface area contributed by atoms with Crippen LogP contribution in [0.5, 0.6) is 17.2 Å². The SMILES string of the molecule is COc1cc(OC)cc(OCC(NC2CC2)C(=O)O)c1. The van der Waals surface area contributed by atoms with Gasteiger partial charge in [-0.05, 0) is 12.8 Å². The van der Waals surface area contributed by atoms with Crippen LogP contribution in [-0.2, 0) is 4.79 Å². The van der Waals surface area contributed by atoms with Crippen molar-refractivity contribution in [2.45, 2.75) is 24.9 Å². The number of methoxy groups -OCH3 is 2. The Morgan fingerprint density at radius 3 is 2.25 bits per heavy atom. The number of hydrogen-bond donors (Lipinski definition) is 2. The highest BCUT2D eigenvalue weighted by Crippen LogP contribution is 2.27. The van der Waals surface area contributed by atoms with E-state index in [2.05, 4.69) is 5.32 Å². The van der Waals surface area contributed by atoms with Gasteiger partial charge in [0, 0.05) is 24.2 Å². The van der Waals surface area contributed by atoms with Gasteiger partial charge in [0.25, 0.3) is 0 Å². The molecule has 2 N–H and O–H groups in total. The third-order valence-electron chi connectivity index (χ3n) is 3.05. The molecule has 1 aliphatic carbocycles. The summed E-state index contributed by atoms with van der Waals surface area (Å²) in [7, 11) is 3.10. The molecule has 1 aromatic carbocycles. The maximum atomic E-state index is 11.1. The smallest absolute Gasteiger partial charge is 0.324 e. The van der Waals surface area contributed by atoms with Crippen molar-refractivity contribution >= 4 is 5.97 Å². The third kappa shape index (κ3) is 4.03. The van der Waals surface area contributed by atoms with Crippen molar-refractivity contribution in [2.24, 2.45) is 0 Å². The van der Waals surface area contributed by atoms with E-state index < -0.39 is 12.0 Å². The van der Waals surface area contributed by atoms with Gasteiger partial charge in [0.15, 0.2) is 0 Å². The lowest BCUT2D eigenvalue weighted by atomic mass is 10.3. The lowest BCUT2D eigenvalue weighted by molar-refractivity contribution is -0.140. The largest absolute Gasteiger partial charge is 0.496 e. The lowest BCUT2D eigenvalue weighted by Crippen LogP contribution is -2.42. The van der Waals surface area contributed by atoms with Gasteiger partial charge in [-0.15, -0.1) is 0 Å². The van der Waals surface area contributed by atoms with Crippen LogP contribution in [0.1, 0.15) is 12.8 Å². The molecule has 20 heavy (non-hydrogen) atoms. The van der Waals surface area contributed by atoms with Crippen LogP contribution in [-0.4, -0.2) is 44.0 Å². The molecule has 0 aliphatic heterocycles. The summed E-state index contributed by atoms with van der Waals surface area (Å²) in [4.78, 5) is 11.1. The van der Waals surface area contributed by atoms with E-state index in [0.29, 0.717) is 23.3 Å². The second-order valence-electron chi connectivity index (χ2n) is 4.69. The van der Waals surface area contributed by atoms with Gasteiger partial charge in [-0.1, -0.05) is 0 Å². The molecule has 0 radical (unpaired) electrons. The number of carboxylic acids is 1. The first-order chi connectivity index (χ1) is 9.62. The van der Waals surface area contributed by atoms with Gasteiger partial charge in [-0.2, -0.15) is 0 Å². The average Bonchev–Trinajstić information content (AvgIpc) is 3.26. The molecule has 0 aromatic heterocycles. The van der Waals surface area contributed by atoms with Crippen molar-refractivity contribution in [3.63, 3.8) is 0 Å². The summed E-state index contributed by atoms with van der Waals surface area (Å²) in [6.07, 6.45) is 2.05. The van der Waals surface area contributed by atoms with E-state index in [0.717, 1.165) is 12.8 Å². The van der Waals surface area contributed by atoms with E-state index in [1.807, 2.05) is 0 Å². The number of benzene rings is 1. The number of hydrogen-bond acceptors (Lipinski definition) is 5. The average molecular weight is 281 g/mol. The van der Waals surface area contributed by atoms with Crippen LogP contribution in [0.2, 0.25) is 0 Å². The van der Waals surface area contributed by atoms with Crippen LogP contribution >= 0.6 is 0 Å². The van der Waals surface area contributed by atoms with Crippen molar-refractivity contribution in [1.82, 2.24) is 5.32 Å². The van der Waals surface area contributed by atoms with Crippen LogP contribution in [0.15, 0.2) is 18.2 Å². The molecule has 0 heterocycles. The summed E-state index contributed by atoms with van der Waals surface area (Å²) < 4.78 is 15.8. The molecule has 1 atom stereocenters. The topological polar surface area (TPSA) is 77.0 Å². The first-order valence-corrected chi connectivity index (χ1v) is 6.47. The van der Waals surface area contributed by atoms with Crippen LogP contribution in [0.3, 0.4) is 0 Å². The first kappa shape index (κ1) is 14.5. The minimum atomic E-state index is -0.910. The quantitative estimate of drug-likeness (QED) is 0.747. The molecule has 6 nitrogen and oxygen atoms in total. The van der Waals surface area contributed by atoms with E-state index >= 15 is 0 Å². The number of carbonyl (C=O) groups is 1. The Morgan fingerprint density at radius 2 is 1.80 bits per heavy atom. The molecule has 2 rings (SSSR count). The first-order valence-electron chi connectivity index (χ1n) is 6.47. The molecule has 1 aromatic rings. The van der Waals surface area contributed by atoms with E-state index in [-0.39, 0.29) is 6.61 Å². The maximum Gasteiger partial charge on any atom is 0.324 e. The van der Waals surface area contributed by atoms with E-state index in [9.17, 15) is 4.79 Å². The minimum Gasteiger partial charge on any atom is -0.496 e. The monoisotopic (exact) mass is 281 g/mol. The summed E-state index contributed by atoms with van der Waals surface area (Å²) in [6.45, 7) is 0.0577. The zero-order valence-corrected chi connectivity index (χ0v) is 11.6. The molecule has 110 valence electrons. The van der Waals surface area contributed by atoms with Gasteiger partial charge in [-0.25, -0.2) is 0 Å². The molecule has 1 unspecified atom stereocenters. The van der Waals surface area contributed by atoms with Gasteiger partial charge in [0.05, 0.1) is 14.2 Å². The fourth-order valence-electron chi connectivity index (χ4n) is 1.77. The summed E-state index contributed by atoms with van der Waals surface area (Å²) in [5.41, 5.74) is 0. The molecular weight excluding hydrogens is 262 g/mol. The summed E-state index contributed by atoms with van der Waals surface area (Å²) in [5, 5.41) is 12.2. The van der Waals surface area contributed by atoms with Crippen LogP contribution in [0, 0.1) is 0 Å². The standard InChI is InChI=1S/C14H19NO5/c1-18-10-5-11(19-2)7-12(6-10)20-8-13(14(16)17)15-9-3-4-9/h5-7,9,13,15H,3-4,8H2,1-2H3,(H,16,17). The van der Waals surface area contributed by atoms with Gasteiger partial charge in [0.2, 0.25) is 0 Å². The molecule has 0 saturated heterocycles. The van der Waals surface area contributed by atoms with Crippen molar-refractivity contribution in [3.05, 3.63) is 18.2 Å². The Morgan fingerprint density at radius 1 is 1.25 bits per heavy atom. The number of aliphatic carboxylic acids is 1. The molecule has 0 bridgehead atoms. The van der Waals surface area contributed by atoms with E-state index in [1.165, 1.54) is 0 Å². The highest BCUT2D eigenvalue weighted by molar-refractivity contribution is 5.73. The molecule has 0 amide bonds. The van der Waals surface area contributed by atoms with Gasteiger partial charge >= 0.3 is 5.97 Å². The summed E-state index contributed by atoms with van der Waals surface area (Å²) in [6, 6.07) is 4.71. The summed E-state index contributed by atoms with van der Waals surface area (Å²) >= 11 is 0. The van der Waals surface area contributed by atoms with Gasteiger partial charge in [-0.3, -0.25) is 10.1 Å². The fraction of sp³-hybridized carbons (Fsp3) is 0.500. The minimum absolute atomic E-state index is 0.0577. The number of carboxylic acid groups (broad SMARTS) is 1. The molecule has 6 heteroatoms. The van der Waals surface area contributed by atoms with Crippen molar-refractivity contribution < 1.29 is 24.1 Å². The molecule has 1 aliphatic rings. The van der Waals surface area contributed by atoms with Crippen LogP contribution < -0.4 is 19.5 Å². The highest BCUT2D eigenvalue weighted by atomic mass is 16.5. The fourth-order valence-corrected chi connectivity index (χ4v) is 1.77. The highest BCUT2D eigenvalue weighted by Gasteiger charge is 2.28. The number of nitrogens with one attached hydrogen (secondary N) is 1. The predicted molar refractivity (Wildman–Crippen MR) is 72.6 cm³/mol. The maximum absolute atomic E-state index is 11.1.